The van der Waals surface area contributed by atoms with Crippen LogP contribution in [0.4, 0.5) is 28.1 Å². The molecule has 1 aliphatic rings. The fraction of sp³-hybridized carbons (Fsp3) is 0.348. The fourth-order valence-electron chi connectivity index (χ4n) is 3.43. The van der Waals surface area contributed by atoms with Gasteiger partial charge in [0, 0.05) is 44.0 Å². The van der Waals surface area contributed by atoms with Crippen LogP contribution in [-0.4, -0.2) is 62.7 Å². The third-order valence-corrected chi connectivity index (χ3v) is 4.99. The zero-order chi connectivity index (χ0) is 23.4. The van der Waals surface area contributed by atoms with Gasteiger partial charge < -0.3 is 25.6 Å². The number of nitrogens with two attached hydrogens (primary N) is 1. The van der Waals surface area contributed by atoms with Crippen LogP contribution in [0.2, 0.25) is 0 Å². The van der Waals surface area contributed by atoms with Gasteiger partial charge in [-0.1, -0.05) is 6.07 Å². The summed E-state index contributed by atoms with van der Waals surface area (Å²) < 4.78 is 5.48. The quantitative estimate of drug-likeness (QED) is 0.619. The van der Waals surface area contributed by atoms with Crippen LogP contribution >= 0.6 is 0 Å². The molecule has 10 heteroatoms. The summed E-state index contributed by atoms with van der Waals surface area (Å²) in [5, 5.41) is 3.15. The summed E-state index contributed by atoms with van der Waals surface area (Å²) in [6.45, 7) is 8.15. The second kappa shape index (κ2) is 9.27. The molecule has 1 fully saturated rings. The number of carbonyl (C=O) groups excluding carboxylic acids is 1. The summed E-state index contributed by atoms with van der Waals surface area (Å²) in [4.78, 5) is 33.5. The van der Waals surface area contributed by atoms with Crippen LogP contribution in [0.15, 0.2) is 48.9 Å². The molecule has 3 N–H and O–H groups in total. The largest absolute Gasteiger partial charge is 0.444 e. The minimum absolute atomic E-state index is 0.275. The fourth-order valence-corrected chi connectivity index (χ4v) is 3.43. The highest BCUT2D eigenvalue weighted by Gasteiger charge is 2.26. The van der Waals surface area contributed by atoms with Crippen molar-refractivity contribution in [2.75, 3.05) is 42.1 Å². The molecule has 4 heterocycles. The Labute approximate surface area is 192 Å². The molecule has 0 aromatic carbocycles. The maximum absolute atomic E-state index is 12.3. The Bertz CT molecular complexity index is 1120. The second-order valence-corrected chi connectivity index (χ2v) is 8.72. The lowest BCUT2D eigenvalue weighted by molar-refractivity contribution is 0.0240. The Morgan fingerprint density at radius 2 is 1.82 bits per heavy atom. The molecule has 0 unspecified atom stereocenters. The number of hydrogen-bond donors (Lipinski definition) is 2. The normalized spacial score (nSPS) is 14.2. The van der Waals surface area contributed by atoms with Crippen LogP contribution in [0, 0.1) is 0 Å². The standard InChI is InChI=1S/C23H28N8O2/c1-23(2,3)33-22(32)31-11-9-30(10-12-31)21-13-16(7-8-25-21)17-5-4-6-19(28-17)29-20-14-18(24)26-15-27-20/h4-8,13-15H,9-12H2,1-3H3,(H3,24,26,27,28,29). The molecule has 1 amide bonds. The Morgan fingerprint density at radius 3 is 2.55 bits per heavy atom. The Morgan fingerprint density at radius 1 is 1.03 bits per heavy atom. The van der Waals surface area contributed by atoms with E-state index in [1.807, 2.05) is 51.1 Å². The molecule has 1 aliphatic heterocycles. The molecule has 33 heavy (non-hydrogen) atoms. The average molecular weight is 449 g/mol. The topological polar surface area (TPSA) is 122 Å². The Hall–Kier alpha value is -3.95. The maximum atomic E-state index is 12.3. The number of piperazine rings is 1. The first-order valence-corrected chi connectivity index (χ1v) is 10.8. The Kier molecular flexibility index (Phi) is 6.25. The van der Waals surface area contributed by atoms with Gasteiger partial charge in [0.05, 0.1) is 5.69 Å². The van der Waals surface area contributed by atoms with E-state index in [1.54, 1.807) is 17.2 Å². The molecule has 0 spiro atoms. The van der Waals surface area contributed by atoms with Gasteiger partial charge >= 0.3 is 6.09 Å². The highest BCUT2D eigenvalue weighted by molar-refractivity contribution is 5.69. The summed E-state index contributed by atoms with van der Waals surface area (Å²) in [5.41, 5.74) is 6.97. The zero-order valence-corrected chi connectivity index (χ0v) is 19.0. The molecular weight excluding hydrogens is 420 g/mol. The van der Waals surface area contributed by atoms with Gasteiger partial charge in [0.15, 0.2) is 0 Å². The van der Waals surface area contributed by atoms with Crippen molar-refractivity contribution in [2.45, 2.75) is 26.4 Å². The number of ether oxygens (including phenoxy) is 1. The first kappa shape index (κ1) is 22.3. The van der Waals surface area contributed by atoms with Gasteiger partial charge in [0.25, 0.3) is 0 Å². The van der Waals surface area contributed by atoms with E-state index < -0.39 is 5.60 Å². The minimum atomic E-state index is -0.499. The van der Waals surface area contributed by atoms with E-state index in [-0.39, 0.29) is 6.09 Å². The van der Waals surface area contributed by atoms with E-state index in [0.717, 1.165) is 17.1 Å². The lowest BCUT2D eigenvalue weighted by Crippen LogP contribution is -2.50. The molecule has 3 aromatic rings. The van der Waals surface area contributed by atoms with Crippen LogP contribution in [-0.2, 0) is 4.74 Å². The van der Waals surface area contributed by atoms with Crippen molar-refractivity contribution < 1.29 is 9.53 Å². The van der Waals surface area contributed by atoms with Crippen molar-refractivity contribution in [3.8, 4) is 11.3 Å². The molecule has 0 saturated carbocycles. The maximum Gasteiger partial charge on any atom is 0.410 e. The first-order valence-electron chi connectivity index (χ1n) is 10.8. The molecule has 172 valence electrons. The number of nitrogens with one attached hydrogen (secondary N) is 1. The van der Waals surface area contributed by atoms with Gasteiger partial charge in [0.2, 0.25) is 0 Å². The summed E-state index contributed by atoms with van der Waals surface area (Å²) in [7, 11) is 0. The van der Waals surface area contributed by atoms with Gasteiger partial charge in [-0.05, 0) is 45.0 Å². The molecule has 0 bridgehead atoms. The van der Waals surface area contributed by atoms with Gasteiger partial charge in [-0.3, -0.25) is 0 Å². The number of anilines is 4. The number of carbonyl (C=O) groups is 1. The highest BCUT2D eigenvalue weighted by atomic mass is 16.6. The van der Waals surface area contributed by atoms with Crippen molar-refractivity contribution in [2.24, 2.45) is 0 Å². The van der Waals surface area contributed by atoms with Crippen LogP contribution in [0.3, 0.4) is 0 Å². The predicted octanol–water partition coefficient (Wildman–Crippen LogP) is 3.32. The molecular formula is C23H28N8O2. The number of amides is 1. The summed E-state index contributed by atoms with van der Waals surface area (Å²) in [5.74, 6) is 2.45. The average Bonchev–Trinajstić information content (AvgIpc) is 2.78. The number of pyridine rings is 2. The van der Waals surface area contributed by atoms with Gasteiger partial charge in [0.1, 0.15) is 35.2 Å². The van der Waals surface area contributed by atoms with E-state index in [2.05, 4.69) is 25.2 Å². The smallest absolute Gasteiger partial charge is 0.410 e. The molecule has 1 saturated heterocycles. The molecule has 0 atom stereocenters. The van der Waals surface area contributed by atoms with E-state index in [1.165, 1.54) is 6.33 Å². The molecule has 0 radical (unpaired) electrons. The highest BCUT2D eigenvalue weighted by Crippen LogP contribution is 2.24. The first-order chi connectivity index (χ1) is 15.8. The van der Waals surface area contributed by atoms with Crippen LogP contribution in [0.25, 0.3) is 11.3 Å². The van der Waals surface area contributed by atoms with Crippen LogP contribution < -0.4 is 16.0 Å². The van der Waals surface area contributed by atoms with Crippen molar-refractivity contribution in [1.82, 2.24) is 24.8 Å². The number of hydrogen-bond acceptors (Lipinski definition) is 9. The number of rotatable bonds is 4. The molecule has 10 nitrogen and oxygen atoms in total. The van der Waals surface area contributed by atoms with E-state index in [9.17, 15) is 4.79 Å². The number of nitrogen functional groups attached to an aromatic ring is 1. The Balaban J connectivity index is 1.44. The predicted molar refractivity (Wildman–Crippen MR) is 127 cm³/mol. The van der Waals surface area contributed by atoms with E-state index >= 15 is 0 Å². The van der Waals surface area contributed by atoms with Gasteiger partial charge in [-0.2, -0.15) is 0 Å². The SMILES string of the molecule is CC(C)(C)OC(=O)N1CCN(c2cc(-c3cccc(Nc4cc(N)ncn4)n3)ccn2)CC1. The molecule has 4 rings (SSSR count). The van der Waals surface area contributed by atoms with Gasteiger partial charge in [-0.15, -0.1) is 0 Å². The van der Waals surface area contributed by atoms with E-state index in [0.29, 0.717) is 43.6 Å². The van der Waals surface area contributed by atoms with Crippen molar-refractivity contribution in [3.63, 3.8) is 0 Å². The molecule has 3 aromatic heterocycles. The second-order valence-electron chi connectivity index (χ2n) is 8.72. The third kappa shape index (κ3) is 5.85. The van der Waals surface area contributed by atoms with Crippen molar-refractivity contribution >= 4 is 29.4 Å². The zero-order valence-electron chi connectivity index (χ0n) is 19.0. The number of nitrogens with zero attached hydrogens (tertiary/aromatic N) is 6. The molecule has 0 aliphatic carbocycles. The third-order valence-electron chi connectivity index (χ3n) is 4.99. The summed E-state index contributed by atoms with van der Waals surface area (Å²) >= 11 is 0. The minimum Gasteiger partial charge on any atom is -0.444 e. The van der Waals surface area contributed by atoms with Crippen LogP contribution in [0.5, 0.6) is 0 Å². The lowest BCUT2D eigenvalue weighted by Gasteiger charge is -2.36. The number of aromatic nitrogens is 4. The van der Waals surface area contributed by atoms with E-state index in [4.69, 9.17) is 15.5 Å². The summed E-state index contributed by atoms with van der Waals surface area (Å²) in [6, 6.07) is 11.3. The summed E-state index contributed by atoms with van der Waals surface area (Å²) in [6.07, 6.45) is 2.90. The van der Waals surface area contributed by atoms with Crippen molar-refractivity contribution in [3.05, 3.63) is 48.9 Å². The van der Waals surface area contributed by atoms with Gasteiger partial charge in [-0.25, -0.2) is 24.7 Å². The van der Waals surface area contributed by atoms with Crippen molar-refractivity contribution in [1.29, 1.82) is 0 Å². The monoisotopic (exact) mass is 448 g/mol. The van der Waals surface area contributed by atoms with Crippen LogP contribution in [0.1, 0.15) is 20.8 Å². The lowest BCUT2D eigenvalue weighted by atomic mass is 10.1.